The van der Waals surface area contributed by atoms with Crippen LogP contribution >= 0.6 is 0 Å². The van der Waals surface area contributed by atoms with Crippen molar-refractivity contribution in [2.75, 3.05) is 51.2 Å². The summed E-state index contributed by atoms with van der Waals surface area (Å²) in [5.74, 6) is 0.0851. The van der Waals surface area contributed by atoms with Gasteiger partial charge in [0.05, 0.1) is 18.9 Å². The molecule has 0 bridgehead atoms. The van der Waals surface area contributed by atoms with Crippen LogP contribution in [0.5, 0.6) is 5.75 Å². The number of piperazine rings is 1. The van der Waals surface area contributed by atoms with Gasteiger partial charge in [-0.25, -0.2) is 9.00 Å². The molecule has 0 radical (unpaired) electrons. The Morgan fingerprint density at radius 2 is 2.00 bits per heavy atom. The van der Waals surface area contributed by atoms with Crippen LogP contribution in [0.2, 0.25) is 0 Å². The second-order valence-corrected chi connectivity index (χ2v) is 7.46. The van der Waals surface area contributed by atoms with Crippen LogP contribution in [0.4, 0.5) is 10.5 Å². The predicted octanol–water partition coefficient (Wildman–Crippen LogP) is 1.32. The third-order valence-electron chi connectivity index (χ3n) is 4.89. The van der Waals surface area contributed by atoms with Crippen molar-refractivity contribution in [3.63, 3.8) is 0 Å². The molecular weight excluding hydrogens is 402 g/mol. The number of benzene rings is 1. The monoisotopic (exact) mass is 427 g/mol. The van der Waals surface area contributed by atoms with E-state index in [9.17, 15) is 13.8 Å². The Balaban J connectivity index is 1.52. The normalized spacial score (nSPS) is 20.3. The standard InChI is InChI=1S/C18H25N3O7S/c1-26-16-11-13(4-5-15(16)19-29(24)25)17(22)20-6-8-21(9-7-20)18(23)28-12-14-3-2-10-27-14/h4-5,11,14,19H,2-3,6-10,12H2,1H3,(H,24,25). The fourth-order valence-corrected chi connectivity index (χ4v) is 3.67. The van der Waals surface area contributed by atoms with Crippen LogP contribution in [0.1, 0.15) is 23.2 Å². The minimum atomic E-state index is -2.24. The summed E-state index contributed by atoms with van der Waals surface area (Å²) in [5, 5.41) is 0. The van der Waals surface area contributed by atoms with Gasteiger partial charge in [-0.1, -0.05) is 0 Å². The molecule has 0 saturated carbocycles. The third kappa shape index (κ3) is 5.58. The van der Waals surface area contributed by atoms with Gasteiger partial charge in [-0.05, 0) is 31.0 Å². The van der Waals surface area contributed by atoms with Gasteiger partial charge in [0.1, 0.15) is 12.4 Å². The number of hydrogen-bond donors (Lipinski definition) is 2. The second kappa shape index (κ2) is 9.90. The summed E-state index contributed by atoms with van der Waals surface area (Å²) in [7, 11) is 1.41. The van der Waals surface area contributed by atoms with E-state index in [1.54, 1.807) is 15.9 Å². The molecule has 0 aliphatic carbocycles. The van der Waals surface area contributed by atoms with Gasteiger partial charge in [0, 0.05) is 38.3 Å². The van der Waals surface area contributed by atoms with E-state index < -0.39 is 11.3 Å². The number of rotatable bonds is 6. The van der Waals surface area contributed by atoms with Crippen molar-refractivity contribution in [3.05, 3.63) is 23.8 Å². The molecule has 3 rings (SSSR count). The van der Waals surface area contributed by atoms with E-state index in [1.807, 2.05) is 0 Å². The highest BCUT2D eigenvalue weighted by molar-refractivity contribution is 7.80. The van der Waals surface area contributed by atoms with Crippen molar-refractivity contribution >= 4 is 29.0 Å². The molecule has 160 valence electrons. The average molecular weight is 427 g/mol. The maximum absolute atomic E-state index is 12.8. The van der Waals surface area contributed by atoms with Gasteiger partial charge in [-0.3, -0.25) is 14.1 Å². The molecule has 1 aromatic rings. The fraction of sp³-hybridized carbons (Fsp3) is 0.556. The zero-order chi connectivity index (χ0) is 20.8. The van der Waals surface area contributed by atoms with Gasteiger partial charge in [-0.2, -0.15) is 0 Å². The first-order valence-corrected chi connectivity index (χ1v) is 10.5. The summed E-state index contributed by atoms with van der Waals surface area (Å²) >= 11 is -2.24. The summed E-state index contributed by atoms with van der Waals surface area (Å²) in [6.45, 7) is 2.51. The lowest BCUT2D eigenvalue weighted by Crippen LogP contribution is -2.51. The Hall–Kier alpha value is -2.37. The van der Waals surface area contributed by atoms with E-state index in [2.05, 4.69) is 4.72 Å². The van der Waals surface area contributed by atoms with Crippen LogP contribution < -0.4 is 9.46 Å². The Morgan fingerprint density at radius 1 is 1.28 bits per heavy atom. The van der Waals surface area contributed by atoms with Crippen LogP contribution in [0.3, 0.4) is 0 Å². The van der Waals surface area contributed by atoms with E-state index >= 15 is 0 Å². The number of methoxy groups -OCH3 is 1. The van der Waals surface area contributed by atoms with Gasteiger partial charge in [0.2, 0.25) is 0 Å². The SMILES string of the molecule is COc1cc(C(=O)N2CCN(C(=O)OCC3CCCO3)CC2)ccc1NS(=O)O. The minimum Gasteiger partial charge on any atom is -0.495 e. The van der Waals surface area contributed by atoms with E-state index in [4.69, 9.17) is 18.8 Å². The van der Waals surface area contributed by atoms with E-state index in [0.29, 0.717) is 44.0 Å². The molecule has 0 aromatic heterocycles. The van der Waals surface area contributed by atoms with Gasteiger partial charge in [0.15, 0.2) is 0 Å². The van der Waals surface area contributed by atoms with E-state index in [0.717, 1.165) is 12.8 Å². The van der Waals surface area contributed by atoms with E-state index in [1.165, 1.54) is 19.2 Å². The van der Waals surface area contributed by atoms with Crippen molar-refractivity contribution in [1.29, 1.82) is 0 Å². The molecule has 2 saturated heterocycles. The Kier molecular flexibility index (Phi) is 7.29. The quantitative estimate of drug-likeness (QED) is 0.658. The summed E-state index contributed by atoms with van der Waals surface area (Å²) < 4.78 is 38.2. The Labute approximate surface area is 171 Å². The highest BCUT2D eigenvalue weighted by Crippen LogP contribution is 2.26. The molecule has 2 aliphatic heterocycles. The molecule has 2 fully saturated rings. The Bertz CT molecular complexity index is 762. The smallest absolute Gasteiger partial charge is 0.409 e. The van der Waals surface area contributed by atoms with E-state index in [-0.39, 0.29) is 30.5 Å². The number of hydrogen-bond acceptors (Lipinski definition) is 6. The number of anilines is 1. The van der Waals surface area contributed by atoms with Crippen LogP contribution in [-0.2, 0) is 20.7 Å². The minimum absolute atomic E-state index is 0.0162. The molecule has 10 nitrogen and oxygen atoms in total. The lowest BCUT2D eigenvalue weighted by molar-refractivity contribution is 0.0225. The highest BCUT2D eigenvalue weighted by Gasteiger charge is 2.27. The lowest BCUT2D eigenvalue weighted by Gasteiger charge is -2.34. The number of carbonyl (C=O) groups excluding carboxylic acids is 2. The molecule has 2 amide bonds. The zero-order valence-corrected chi connectivity index (χ0v) is 17.0. The molecule has 2 N–H and O–H groups in total. The van der Waals surface area contributed by atoms with Crippen molar-refractivity contribution in [2.45, 2.75) is 18.9 Å². The molecule has 1 aromatic carbocycles. The van der Waals surface area contributed by atoms with Crippen molar-refractivity contribution in [1.82, 2.24) is 9.80 Å². The molecule has 0 spiro atoms. The molecule has 2 unspecified atom stereocenters. The summed E-state index contributed by atoms with van der Waals surface area (Å²) in [6, 6.07) is 4.58. The number of ether oxygens (including phenoxy) is 3. The largest absolute Gasteiger partial charge is 0.495 e. The average Bonchev–Trinajstić information content (AvgIpc) is 3.25. The Morgan fingerprint density at radius 3 is 2.62 bits per heavy atom. The van der Waals surface area contributed by atoms with Gasteiger partial charge < -0.3 is 24.0 Å². The topological polar surface area (TPSA) is 118 Å². The van der Waals surface area contributed by atoms with Crippen molar-refractivity contribution in [3.8, 4) is 5.75 Å². The second-order valence-electron chi connectivity index (χ2n) is 6.76. The molecule has 2 aliphatic rings. The lowest BCUT2D eigenvalue weighted by atomic mass is 10.1. The first-order valence-electron chi connectivity index (χ1n) is 9.36. The number of nitrogens with one attached hydrogen (secondary N) is 1. The van der Waals surface area contributed by atoms with Gasteiger partial charge in [-0.15, -0.1) is 0 Å². The molecule has 2 heterocycles. The van der Waals surface area contributed by atoms with Crippen molar-refractivity contribution in [2.24, 2.45) is 0 Å². The summed E-state index contributed by atoms with van der Waals surface area (Å²) in [6.07, 6.45) is 1.49. The first-order chi connectivity index (χ1) is 14.0. The number of nitrogens with zero attached hydrogens (tertiary/aromatic N) is 2. The van der Waals surface area contributed by atoms with Crippen LogP contribution in [0.15, 0.2) is 18.2 Å². The van der Waals surface area contributed by atoms with Crippen LogP contribution in [0.25, 0.3) is 0 Å². The molecule has 11 heteroatoms. The fourth-order valence-electron chi connectivity index (χ4n) is 3.31. The summed E-state index contributed by atoms with van der Waals surface area (Å²) in [4.78, 5) is 28.2. The predicted molar refractivity (Wildman–Crippen MR) is 105 cm³/mol. The third-order valence-corrected chi connectivity index (χ3v) is 5.28. The van der Waals surface area contributed by atoms with Gasteiger partial charge in [0.25, 0.3) is 17.2 Å². The molecule has 2 atom stereocenters. The summed E-state index contributed by atoms with van der Waals surface area (Å²) in [5.41, 5.74) is 0.703. The zero-order valence-electron chi connectivity index (χ0n) is 16.2. The first kappa shape index (κ1) is 21.3. The van der Waals surface area contributed by atoms with Gasteiger partial charge >= 0.3 is 6.09 Å². The number of carbonyl (C=O) groups is 2. The maximum atomic E-state index is 12.8. The highest BCUT2D eigenvalue weighted by atomic mass is 32.2. The number of amides is 2. The van der Waals surface area contributed by atoms with Crippen LogP contribution in [0, 0.1) is 0 Å². The molecular formula is C18H25N3O7S. The maximum Gasteiger partial charge on any atom is 0.409 e. The molecule has 29 heavy (non-hydrogen) atoms. The van der Waals surface area contributed by atoms with Crippen molar-refractivity contribution < 1.29 is 32.6 Å². The van der Waals surface area contributed by atoms with Crippen LogP contribution in [-0.4, -0.2) is 83.2 Å².